The van der Waals surface area contributed by atoms with E-state index in [-0.39, 0.29) is 0 Å². The lowest BCUT2D eigenvalue weighted by molar-refractivity contribution is 0.189. The van der Waals surface area contributed by atoms with E-state index in [0.717, 1.165) is 0 Å². The molecule has 16 heavy (non-hydrogen) atoms. The molecule has 3 nitrogen and oxygen atoms in total. The molecule has 0 heterocycles. The van der Waals surface area contributed by atoms with Crippen molar-refractivity contribution in [3.05, 3.63) is 37.0 Å². The Morgan fingerprint density at radius 1 is 1.00 bits per heavy atom. The van der Waals surface area contributed by atoms with Gasteiger partial charge in [-0.1, -0.05) is 30.4 Å². The number of hydrogen-bond donors (Lipinski definition) is 0. The Morgan fingerprint density at radius 3 is 2.25 bits per heavy atom. The molecule has 0 radical (unpaired) electrons. The summed E-state index contributed by atoms with van der Waals surface area (Å²) in [5.74, 6) is 0. The molecule has 0 amide bonds. The van der Waals surface area contributed by atoms with Gasteiger partial charge in [-0.2, -0.15) is 0 Å². The molecule has 0 bridgehead atoms. The summed E-state index contributed by atoms with van der Waals surface area (Å²) in [6.07, 6.45) is 11.3. The highest BCUT2D eigenvalue weighted by Crippen LogP contribution is 1.81. The van der Waals surface area contributed by atoms with Crippen molar-refractivity contribution in [2.75, 3.05) is 33.0 Å². The van der Waals surface area contributed by atoms with Crippen molar-refractivity contribution in [2.24, 2.45) is 4.99 Å². The van der Waals surface area contributed by atoms with Gasteiger partial charge >= 0.3 is 0 Å². The van der Waals surface area contributed by atoms with Crippen molar-refractivity contribution >= 4 is 6.21 Å². The zero-order valence-electron chi connectivity index (χ0n) is 9.97. The SMILES string of the molecule is C=CCN=CCOC/C=C/COC/C=C/C. The van der Waals surface area contributed by atoms with E-state index in [4.69, 9.17) is 9.47 Å². The molecule has 3 heteroatoms. The third-order valence-electron chi connectivity index (χ3n) is 1.60. The molecular weight excluding hydrogens is 202 g/mol. The Morgan fingerprint density at radius 2 is 1.62 bits per heavy atom. The molecule has 90 valence electrons. The second kappa shape index (κ2) is 13.8. The molecule has 0 spiro atoms. The Bertz CT molecular complexity index is 232. The Labute approximate surface area is 98.2 Å². The van der Waals surface area contributed by atoms with Gasteiger partial charge in [0, 0.05) is 6.21 Å². The largest absolute Gasteiger partial charge is 0.373 e. The number of rotatable bonds is 10. The predicted octanol–water partition coefficient (Wildman–Crippen LogP) is 2.41. The van der Waals surface area contributed by atoms with E-state index in [2.05, 4.69) is 11.6 Å². The van der Waals surface area contributed by atoms with Crippen molar-refractivity contribution in [3.8, 4) is 0 Å². The van der Waals surface area contributed by atoms with Gasteiger partial charge in [-0.25, -0.2) is 0 Å². The number of nitrogens with zero attached hydrogens (tertiary/aromatic N) is 1. The molecular formula is C13H21NO2. The minimum absolute atomic E-state index is 0.539. The standard InChI is InChI=1S/C13H21NO2/c1-3-5-10-15-11-6-7-12-16-13-9-14-8-4-2/h3-7,9H,2,8,10-13H2,1H3/b5-3+,7-6+,14-9?. The average Bonchev–Trinajstić information content (AvgIpc) is 2.31. The number of hydrogen-bond acceptors (Lipinski definition) is 3. The van der Waals surface area contributed by atoms with Crippen LogP contribution in [0.4, 0.5) is 0 Å². The van der Waals surface area contributed by atoms with E-state index in [1.54, 1.807) is 12.3 Å². The molecule has 0 saturated carbocycles. The average molecular weight is 223 g/mol. The maximum absolute atomic E-state index is 5.27. The Balaban J connectivity index is 3.18. The zero-order valence-corrected chi connectivity index (χ0v) is 9.97. The van der Waals surface area contributed by atoms with Crippen molar-refractivity contribution in [1.29, 1.82) is 0 Å². The third-order valence-corrected chi connectivity index (χ3v) is 1.60. The molecule has 0 fully saturated rings. The minimum Gasteiger partial charge on any atom is -0.373 e. The zero-order chi connectivity index (χ0) is 11.9. The van der Waals surface area contributed by atoms with Crippen molar-refractivity contribution < 1.29 is 9.47 Å². The summed E-state index contributed by atoms with van der Waals surface area (Å²) >= 11 is 0. The van der Waals surface area contributed by atoms with Crippen LogP contribution in [0.3, 0.4) is 0 Å². The predicted molar refractivity (Wildman–Crippen MR) is 69.1 cm³/mol. The van der Waals surface area contributed by atoms with Gasteiger partial charge < -0.3 is 9.47 Å². The first kappa shape index (κ1) is 14.8. The molecule has 0 saturated heterocycles. The lowest BCUT2D eigenvalue weighted by atomic mass is 10.5. The summed E-state index contributed by atoms with van der Waals surface area (Å²) in [7, 11) is 0. The van der Waals surface area contributed by atoms with Gasteiger partial charge in [0.25, 0.3) is 0 Å². The van der Waals surface area contributed by atoms with Crippen LogP contribution in [-0.2, 0) is 9.47 Å². The number of aliphatic imine (C=N–C) groups is 1. The highest BCUT2D eigenvalue weighted by molar-refractivity contribution is 5.58. The molecule has 0 atom stereocenters. The highest BCUT2D eigenvalue weighted by Gasteiger charge is 1.80. The summed E-state index contributed by atoms with van der Waals surface area (Å²) in [6, 6.07) is 0. The molecule has 0 aliphatic carbocycles. The molecule has 0 aliphatic heterocycles. The quantitative estimate of drug-likeness (QED) is 0.323. The molecule has 0 unspecified atom stereocenters. The topological polar surface area (TPSA) is 30.8 Å². The molecule has 0 rings (SSSR count). The first-order valence-electron chi connectivity index (χ1n) is 5.42. The van der Waals surface area contributed by atoms with E-state index in [1.807, 2.05) is 31.2 Å². The van der Waals surface area contributed by atoms with Gasteiger partial charge in [-0.3, -0.25) is 4.99 Å². The maximum atomic E-state index is 5.27. The monoisotopic (exact) mass is 223 g/mol. The summed E-state index contributed by atoms with van der Waals surface area (Å²) in [4.78, 5) is 4.03. The van der Waals surface area contributed by atoms with Crippen LogP contribution in [0.5, 0.6) is 0 Å². The number of ether oxygens (including phenoxy) is 2. The second-order valence-corrected chi connectivity index (χ2v) is 2.95. The fraction of sp³-hybridized carbons (Fsp3) is 0.462. The van der Waals surface area contributed by atoms with Crippen LogP contribution in [0.2, 0.25) is 0 Å². The second-order valence-electron chi connectivity index (χ2n) is 2.95. The smallest absolute Gasteiger partial charge is 0.0818 e. The molecule has 0 N–H and O–H groups in total. The van der Waals surface area contributed by atoms with Crippen LogP contribution in [0.1, 0.15) is 6.92 Å². The van der Waals surface area contributed by atoms with Crippen LogP contribution < -0.4 is 0 Å². The maximum Gasteiger partial charge on any atom is 0.0818 e. The van der Waals surface area contributed by atoms with E-state index in [1.165, 1.54) is 0 Å². The number of allylic oxidation sites excluding steroid dienone is 1. The first-order chi connectivity index (χ1) is 7.91. The normalized spacial score (nSPS) is 12.1. The van der Waals surface area contributed by atoms with Gasteiger partial charge in [0.1, 0.15) is 0 Å². The van der Waals surface area contributed by atoms with Gasteiger partial charge in [0.2, 0.25) is 0 Å². The summed E-state index contributed by atoms with van der Waals surface area (Å²) in [6.45, 7) is 8.60. The molecule has 0 aromatic carbocycles. The fourth-order valence-electron chi connectivity index (χ4n) is 0.827. The van der Waals surface area contributed by atoms with Crippen molar-refractivity contribution in [1.82, 2.24) is 0 Å². The van der Waals surface area contributed by atoms with E-state index >= 15 is 0 Å². The van der Waals surface area contributed by atoms with Crippen molar-refractivity contribution in [2.45, 2.75) is 6.92 Å². The Kier molecular flexibility index (Phi) is 12.8. The third kappa shape index (κ3) is 12.8. The summed E-state index contributed by atoms with van der Waals surface area (Å²) in [5.41, 5.74) is 0. The van der Waals surface area contributed by atoms with Crippen LogP contribution in [0.15, 0.2) is 42.0 Å². The van der Waals surface area contributed by atoms with E-state index in [9.17, 15) is 0 Å². The molecule has 0 aliphatic rings. The van der Waals surface area contributed by atoms with Gasteiger partial charge in [-0.05, 0) is 6.92 Å². The van der Waals surface area contributed by atoms with Gasteiger partial charge in [-0.15, -0.1) is 6.58 Å². The van der Waals surface area contributed by atoms with Crippen LogP contribution >= 0.6 is 0 Å². The van der Waals surface area contributed by atoms with E-state index < -0.39 is 0 Å². The van der Waals surface area contributed by atoms with Crippen molar-refractivity contribution in [3.63, 3.8) is 0 Å². The first-order valence-corrected chi connectivity index (χ1v) is 5.42. The highest BCUT2D eigenvalue weighted by atomic mass is 16.5. The van der Waals surface area contributed by atoms with Gasteiger partial charge in [0.05, 0.1) is 33.0 Å². The van der Waals surface area contributed by atoms with Gasteiger partial charge in [0.15, 0.2) is 0 Å². The minimum atomic E-state index is 0.539. The van der Waals surface area contributed by atoms with Crippen LogP contribution in [0, 0.1) is 0 Å². The summed E-state index contributed by atoms with van der Waals surface area (Å²) < 4.78 is 10.5. The molecule has 0 aromatic heterocycles. The molecule has 0 aromatic rings. The Hall–Kier alpha value is -1.19. The fourth-order valence-corrected chi connectivity index (χ4v) is 0.827. The van der Waals surface area contributed by atoms with E-state index in [0.29, 0.717) is 33.0 Å². The van der Waals surface area contributed by atoms with Crippen LogP contribution in [-0.4, -0.2) is 39.2 Å². The lowest BCUT2D eigenvalue weighted by Crippen LogP contribution is -1.96. The lowest BCUT2D eigenvalue weighted by Gasteiger charge is -1.96. The summed E-state index contributed by atoms with van der Waals surface area (Å²) in [5, 5.41) is 0. The van der Waals surface area contributed by atoms with Crippen LogP contribution in [0.25, 0.3) is 0 Å².